The quantitative estimate of drug-likeness (QED) is 0.929. The van der Waals surface area contributed by atoms with Crippen molar-refractivity contribution in [1.82, 2.24) is 4.57 Å². The van der Waals surface area contributed by atoms with Crippen LogP contribution in [0.2, 0.25) is 0 Å². The van der Waals surface area contributed by atoms with E-state index >= 15 is 0 Å². The summed E-state index contributed by atoms with van der Waals surface area (Å²) in [5.74, 6) is -0.135. The second-order valence-electron chi connectivity index (χ2n) is 4.93. The van der Waals surface area contributed by atoms with Gasteiger partial charge in [0.2, 0.25) is 5.91 Å². The number of nitriles is 1. The molecule has 1 N–H and O–H groups in total. The van der Waals surface area contributed by atoms with Crippen molar-refractivity contribution in [3.05, 3.63) is 52.8 Å². The number of aryl methyl sites for hydroxylation is 3. The van der Waals surface area contributed by atoms with Crippen LogP contribution in [0.5, 0.6) is 0 Å². The summed E-state index contributed by atoms with van der Waals surface area (Å²) in [5, 5.41) is 12.0. The Balaban J connectivity index is 2.13. The van der Waals surface area contributed by atoms with Gasteiger partial charge in [-0.3, -0.25) is 4.79 Å². The average molecular weight is 267 g/mol. The van der Waals surface area contributed by atoms with Crippen molar-refractivity contribution < 1.29 is 4.79 Å². The van der Waals surface area contributed by atoms with E-state index in [2.05, 4.69) is 11.4 Å². The van der Waals surface area contributed by atoms with Crippen molar-refractivity contribution in [1.29, 1.82) is 5.26 Å². The summed E-state index contributed by atoms with van der Waals surface area (Å²) in [7, 11) is 0. The Labute approximate surface area is 118 Å². The smallest absolute Gasteiger partial charge is 0.244 e. The van der Waals surface area contributed by atoms with Gasteiger partial charge in [-0.2, -0.15) is 5.26 Å². The molecule has 1 heterocycles. The highest BCUT2D eigenvalue weighted by Gasteiger charge is 2.12. The number of carbonyl (C=O) groups excluding carboxylic acids is 1. The predicted molar refractivity (Wildman–Crippen MR) is 78.4 cm³/mol. The SMILES string of the molecule is Cc1ccc(NC(=O)Cn2c(C)cc(C)c2C#N)cc1. The van der Waals surface area contributed by atoms with Gasteiger partial charge >= 0.3 is 0 Å². The van der Waals surface area contributed by atoms with Gasteiger partial charge in [-0.25, -0.2) is 0 Å². The Morgan fingerprint density at radius 3 is 2.50 bits per heavy atom. The van der Waals surface area contributed by atoms with E-state index in [4.69, 9.17) is 5.26 Å². The molecule has 0 fully saturated rings. The molecule has 2 rings (SSSR count). The van der Waals surface area contributed by atoms with Gasteiger partial charge < -0.3 is 9.88 Å². The van der Waals surface area contributed by atoms with Gasteiger partial charge in [-0.05, 0) is 44.5 Å². The highest BCUT2D eigenvalue weighted by Crippen LogP contribution is 2.14. The zero-order valence-electron chi connectivity index (χ0n) is 11.9. The number of amides is 1. The van der Waals surface area contributed by atoms with E-state index in [1.807, 2.05) is 51.1 Å². The van der Waals surface area contributed by atoms with E-state index < -0.39 is 0 Å². The maximum atomic E-state index is 12.1. The molecule has 0 saturated carbocycles. The molecule has 20 heavy (non-hydrogen) atoms. The number of rotatable bonds is 3. The van der Waals surface area contributed by atoms with E-state index in [9.17, 15) is 4.79 Å². The van der Waals surface area contributed by atoms with E-state index in [1.54, 1.807) is 4.57 Å². The molecule has 0 aliphatic rings. The number of benzene rings is 1. The Bertz CT molecular complexity index is 675. The summed E-state index contributed by atoms with van der Waals surface area (Å²) in [4.78, 5) is 12.1. The number of nitrogens with one attached hydrogen (secondary N) is 1. The van der Waals surface area contributed by atoms with Gasteiger partial charge in [0.1, 0.15) is 18.3 Å². The summed E-state index contributed by atoms with van der Waals surface area (Å²) >= 11 is 0. The molecule has 0 unspecified atom stereocenters. The lowest BCUT2D eigenvalue weighted by atomic mass is 10.2. The molecule has 0 bridgehead atoms. The lowest BCUT2D eigenvalue weighted by Gasteiger charge is -2.09. The van der Waals surface area contributed by atoms with Crippen LogP contribution in [0, 0.1) is 32.1 Å². The van der Waals surface area contributed by atoms with E-state index in [1.165, 1.54) is 0 Å². The van der Waals surface area contributed by atoms with Crippen LogP contribution in [0.15, 0.2) is 30.3 Å². The van der Waals surface area contributed by atoms with E-state index in [-0.39, 0.29) is 12.5 Å². The first-order valence-corrected chi connectivity index (χ1v) is 6.44. The van der Waals surface area contributed by atoms with Crippen LogP contribution in [0.1, 0.15) is 22.5 Å². The van der Waals surface area contributed by atoms with Crippen molar-refractivity contribution in [2.75, 3.05) is 5.32 Å². The number of nitrogens with zero attached hydrogens (tertiary/aromatic N) is 2. The molecule has 4 nitrogen and oxygen atoms in total. The van der Waals surface area contributed by atoms with Gasteiger partial charge in [0.25, 0.3) is 0 Å². The highest BCUT2D eigenvalue weighted by molar-refractivity contribution is 5.90. The van der Waals surface area contributed by atoms with Crippen LogP contribution in [-0.4, -0.2) is 10.5 Å². The third-order valence-electron chi connectivity index (χ3n) is 3.24. The first-order chi connectivity index (χ1) is 9.51. The van der Waals surface area contributed by atoms with Crippen LogP contribution in [0.4, 0.5) is 5.69 Å². The lowest BCUT2D eigenvalue weighted by Crippen LogP contribution is -2.20. The normalized spacial score (nSPS) is 10.1. The lowest BCUT2D eigenvalue weighted by molar-refractivity contribution is -0.116. The van der Waals surface area contributed by atoms with Crippen LogP contribution < -0.4 is 5.32 Å². The molecule has 0 atom stereocenters. The summed E-state index contributed by atoms with van der Waals surface area (Å²) in [6.45, 7) is 5.92. The summed E-state index contributed by atoms with van der Waals surface area (Å²) in [6, 6.07) is 11.7. The molecule has 2 aromatic rings. The monoisotopic (exact) mass is 267 g/mol. The summed E-state index contributed by atoms with van der Waals surface area (Å²) in [5.41, 5.74) is 4.26. The molecule has 1 aromatic carbocycles. The Morgan fingerprint density at radius 2 is 1.90 bits per heavy atom. The third kappa shape index (κ3) is 2.89. The first-order valence-electron chi connectivity index (χ1n) is 6.44. The van der Waals surface area contributed by atoms with E-state index in [0.717, 1.165) is 22.5 Å². The van der Waals surface area contributed by atoms with Gasteiger partial charge in [0, 0.05) is 11.4 Å². The molecule has 0 aliphatic heterocycles. The molecular formula is C16H17N3O. The van der Waals surface area contributed by atoms with Gasteiger partial charge in [-0.1, -0.05) is 17.7 Å². The maximum absolute atomic E-state index is 12.1. The molecule has 1 amide bonds. The molecule has 0 aliphatic carbocycles. The van der Waals surface area contributed by atoms with Gasteiger partial charge in [-0.15, -0.1) is 0 Å². The Morgan fingerprint density at radius 1 is 1.25 bits per heavy atom. The molecular weight excluding hydrogens is 250 g/mol. The zero-order chi connectivity index (χ0) is 14.7. The van der Waals surface area contributed by atoms with Gasteiger partial charge in [0.15, 0.2) is 0 Å². The third-order valence-corrected chi connectivity index (χ3v) is 3.24. The minimum atomic E-state index is -0.135. The minimum Gasteiger partial charge on any atom is -0.327 e. The van der Waals surface area contributed by atoms with Crippen molar-refractivity contribution >= 4 is 11.6 Å². The second kappa shape index (κ2) is 5.62. The second-order valence-corrected chi connectivity index (χ2v) is 4.93. The zero-order valence-corrected chi connectivity index (χ0v) is 11.9. The topological polar surface area (TPSA) is 57.8 Å². The van der Waals surface area contributed by atoms with Crippen LogP contribution in [0.3, 0.4) is 0 Å². The van der Waals surface area contributed by atoms with Crippen LogP contribution in [-0.2, 0) is 11.3 Å². The molecule has 4 heteroatoms. The number of aromatic nitrogens is 1. The fourth-order valence-electron chi connectivity index (χ4n) is 2.18. The summed E-state index contributed by atoms with van der Waals surface area (Å²) in [6.07, 6.45) is 0. The first kappa shape index (κ1) is 13.9. The standard InChI is InChI=1S/C16H17N3O/c1-11-4-6-14(7-5-11)18-16(20)10-19-13(3)8-12(2)15(19)9-17/h4-8H,10H2,1-3H3,(H,18,20). The Hall–Kier alpha value is -2.54. The van der Waals surface area contributed by atoms with Crippen molar-refractivity contribution in [2.45, 2.75) is 27.3 Å². The van der Waals surface area contributed by atoms with Crippen molar-refractivity contribution in [3.63, 3.8) is 0 Å². The Kier molecular flexibility index (Phi) is 3.90. The molecule has 0 spiro atoms. The number of hydrogen-bond acceptors (Lipinski definition) is 2. The van der Waals surface area contributed by atoms with Crippen LogP contribution >= 0.6 is 0 Å². The number of hydrogen-bond donors (Lipinski definition) is 1. The van der Waals surface area contributed by atoms with Gasteiger partial charge in [0.05, 0.1) is 0 Å². The highest BCUT2D eigenvalue weighted by atomic mass is 16.1. The molecule has 0 saturated heterocycles. The molecule has 1 aromatic heterocycles. The predicted octanol–water partition coefficient (Wildman–Crippen LogP) is 2.92. The van der Waals surface area contributed by atoms with Crippen molar-refractivity contribution in [2.24, 2.45) is 0 Å². The van der Waals surface area contributed by atoms with Crippen LogP contribution in [0.25, 0.3) is 0 Å². The molecule has 102 valence electrons. The summed E-state index contributed by atoms with van der Waals surface area (Å²) < 4.78 is 1.73. The number of anilines is 1. The van der Waals surface area contributed by atoms with E-state index in [0.29, 0.717) is 5.69 Å². The maximum Gasteiger partial charge on any atom is 0.244 e. The largest absolute Gasteiger partial charge is 0.327 e. The minimum absolute atomic E-state index is 0.135. The average Bonchev–Trinajstić information content (AvgIpc) is 2.66. The fraction of sp³-hybridized carbons (Fsp3) is 0.250. The number of carbonyl (C=O) groups is 1. The van der Waals surface area contributed by atoms with Crippen molar-refractivity contribution in [3.8, 4) is 6.07 Å². The fourth-order valence-corrected chi connectivity index (χ4v) is 2.18. The molecule has 0 radical (unpaired) electrons.